The van der Waals surface area contributed by atoms with Gasteiger partial charge in [0.15, 0.2) is 0 Å². The summed E-state index contributed by atoms with van der Waals surface area (Å²) in [6.45, 7) is 3.19. The Morgan fingerprint density at radius 2 is 2.03 bits per heavy atom. The molecule has 1 heterocycles. The number of sulfonamides is 1. The average Bonchev–Trinajstić information content (AvgIpc) is 3.13. The summed E-state index contributed by atoms with van der Waals surface area (Å²) < 4.78 is 53.5. The lowest BCUT2D eigenvalue weighted by atomic mass is 9.92. The van der Waals surface area contributed by atoms with Gasteiger partial charge in [-0.1, -0.05) is 36.7 Å². The summed E-state index contributed by atoms with van der Waals surface area (Å²) in [6, 6.07) is 7.61. The Kier molecular flexibility index (Phi) is 6.30. The molecule has 3 rings (SSSR count). The van der Waals surface area contributed by atoms with E-state index in [0.29, 0.717) is 5.56 Å². The number of rotatable bonds is 7. The number of benzene rings is 2. The van der Waals surface area contributed by atoms with Gasteiger partial charge in [-0.2, -0.15) is 4.72 Å². The second kappa shape index (κ2) is 8.58. The van der Waals surface area contributed by atoms with Crippen molar-refractivity contribution in [3.63, 3.8) is 0 Å². The molecular formula is C19H19ClFN3O5S. The number of ether oxygens (including phenoxy) is 1. The van der Waals surface area contributed by atoms with E-state index in [4.69, 9.17) is 20.8 Å². The molecule has 0 aliphatic carbocycles. The second-order valence-corrected chi connectivity index (χ2v) is 8.73. The van der Waals surface area contributed by atoms with Crippen molar-refractivity contribution in [3.8, 4) is 5.75 Å². The van der Waals surface area contributed by atoms with Gasteiger partial charge in [0.25, 0.3) is 0 Å². The van der Waals surface area contributed by atoms with E-state index in [-0.39, 0.29) is 27.1 Å². The highest BCUT2D eigenvalue weighted by Gasteiger charge is 2.33. The molecule has 2 N–H and O–H groups in total. The molecule has 0 radical (unpaired) electrons. The van der Waals surface area contributed by atoms with Gasteiger partial charge < -0.3 is 9.15 Å². The third-order valence-electron chi connectivity index (χ3n) is 4.63. The van der Waals surface area contributed by atoms with Gasteiger partial charge in [0, 0.05) is 17.0 Å². The van der Waals surface area contributed by atoms with Crippen LogP contribution in [0, 0.1) is 12.7 Å². The Labute approximate surface area is 177 Å². The molecule has 11 heteroatoms. The zero-order valence-corrected chi connectivity index (χ0v) is 17.8. The molecule has 3 aromatic rings. The first-order chi connectivity index (χ1) is 14.1. The quantitative estimate of drug-likeness (QED) is 0.565. The lowest BCUT2D eigenvalue weighted by Crippen LogP contribution is -2.33. The highest BCUT2D eigenvalue weighted by atomic mass is 35.5. The highest BCUT2D eigenvalue weighted by molar-refractivity contribution is 7.89. The van der Waals surface area contributed by atoms with E-state index < -0.39 is 33.6 Å². The first-order valence-electron chi connectivity index (χ1n) is 8.80. The van der Waals surface area contributed by atoms with E-state index in [1.54, 1.807) is 26.0 Å². The van der Waals surface area contributed by atoms with Crippen molar-refractivity contribution in [3.05, 3.63) is 74.8 Å². The minimum absolute atomic E-state index is 0.0200. The topological polar surface area (TPSA) is 114 Å². The average molecular weight is 456 g/mol. The first kappa shape index (κ1) is 22.0. The van der Waals surface area contributed by atoms with E-state index in [1.165, 1.54) is 31.4 Å². The van der Waals surface area contributed by atoms with Gasteiger partial charge >= 0.3 is 5.76 Å². The Morgan fingerprint density at radius 1 is 1.30 bits per heavy atom. The zero-order chi connectivity index (χ0) is 22.1. The smallest absolute Gasteiger partial charge is 0.434 e. The van der Waals surface area contributed by atoms with Crippen LogP contribution in [0.1, 0.15) is 35.9 Å². The number of halogens is 2. The van der Waals surface area contributed by atoms with Crippen LogP contribution in [0.25, 0.3) is 0 Å². The summed E-state index contributed by atoms with van der Waals surface area (Å²) in [5.41, 5.74) is 0.625. The minimum atomic E-state index is -4.21. The molecular weight excluding hydrogens is 437 g/mol. The molecule has 0 saturated carbocycles. The van der Waals surface area contributed by atoms with Crippen molar-refractivity contribution in [2.45, 2.75) is 30.7 Å². The summed E-state index contributed by atoms with van der Waals surface area (Å²) in [5.74, 6) is -2.34. The summed E-state index contributed by atoms with van der Waals surface area (Å²) in [6.07, 6.45) is 0. The van der Waals surface area contributed by atoms with E-state index >= 15 is 0 Å². The van der Waals surface area contributed by atoms with Crippen LogP contribution in [0.15, 0.2) is 50.5 Å². The first-order valence-corrected chi connectivity index (χ1v) is 10.7. The number of H-pyrrole nitrogens is 1. The molecule has 0 aliphatic heterocycles. The molecule has 0 bridgehead atoms. The van der Waals surface area contributed by atoms with Crippen LogP contribution in [-0.4, -0.2) is 25.7 Å². The van der Waals surface area contributed by atoms with Crippen molar-refractivity contribution in [1.82, 2.24) is 14.9 Å². The Bertz CT molecular complexity index is 1220. The molecule has 0 aliphatic rings. The van der Waals surface area contributed by atoms with E-state index in [1.807, 2.05) is 0 Å². The van der Waals surface area contributed by atoms with E-state index in [9.17, 15) is 17.6 Å². The number of hydrogen-bond acceptors (Lipinski definition) is 6. The Hall–Kier alpha value is -2.69. The zero-order valence-electron chi connectivity index (χ0n) is 16.3. The minimum Gasteiger partial charge on any atom is -0.495 e. The lowest BCUT2D eigenvalue weighted by molar-refractivity contribution is 0.375. The molecule has 8 nitrogen and oxygen atoms in total. The third kappa shape index (κ3) is 4.40. The molecule has 2 aromatic carbocycles. The van der Waals surface area contributed by atoms with Crippen LogP contribution in [-0.2, 0) is 10.0 Å². The van der Waals surface area contributed by atoms with Gasteiger partial charge in [-0.3, -0.25) is 0 Å². The third-order valence-corrected chi connectivity index (χ3v) is 6.35. The number of aromatic amines is 1. The van der Waals surface area contributed by atoms with Crippen LogP contribution in [0.2, 0.25) is 5.02 Å². The molecule has 0 saturated heterocycles. The number of methoxy groups -OCH3 is 1. The van der Waals surface area contributed by atoms with Gasteiger partial charge in [0.1, 0.15) is 22.5 Å². The van der Waals surface area contributed by atoms with Crippen LogP contribution in [0.3, 0.4) is 0 Å². The SMILES string of the molecule is COc1cc(Cl)ccc1S(=O)(=O)N[C@H](c1n[nH]c(=O)o1)C(C)c1cccc(C)c1F. The summed E-state index contributed by atoms with van der Waals surface area (Å²) in [7, 11) is -2.90. The highest BCUT2D eigenvalue weighted by Crippen LogP contribution is 2.34. The van der Waals surface area contributed by atoms with Crippen molar-refractivity contribution < 1.29 is 22.0 Å². The fourth-order valence-corrected chi connectivity index (χ4v) is 4.62. The number of hydrogen-bond donors (Lipinski definition) is 2. The molecule has 0 spiro atoms. The molecule has 160 valence electrons. The normalized spacial score (nSPS) is 13.8. The molecule has 0 fully saturated rings. The maximum Gasteiger partial charge on any atom is 0.434 e. The summed E-state index contributed by atoms with van der Waals surface area (Å²) >= 11 is 5.91. The van der Waals surface area contributed by atoms with Crippen molar-refractivity contribution in [1.29, 1.82) is 0 Å². The predicted molar refractivity (Wildman–Crippen MR) is 108 cm³/mol. The van der Waals surface area contributed by atoms with Gasteiger partial charge in [-0.25, -0.2) is 22.7 Å². The van der Waals surface area contributed by atoms with Gasteiger partial charge in [0.2, 0.25) is 15.9 Å². The maximum absolute atomic E-state index is 14.7. The van der Waals surface area contributed by atoms with Crippen molar-refractivity contribution in [2.75, 3.05) is 7.11 Å². The summed E-state index contributed by atoms with van der Waals surface area (Å²) in [4.78, 5) is 11.3. The van der Waals surface area contributed by atoms with Gasteiger partial charge in [0.05, 0.1) is 7.11 Å². The van der Waals surface area contributed by atoms with E-state index in [0.717, 1.165) is 0 Å². The molecule has 1 unspecified atom stereocenters. The molecule has 30 heavy (non-hydrogen) atoms. The van der Waals surface area contributed by atoms with E-state index in [2.05, 4.69) is 14.9 Å². The second-order valence-electron chi connectivity index (χ2n) is 6.61. The van der Waals surface area contributed by atoms with Gasteiger partial charge in [-0.05, 0) is 30.2 Å². The lowest BCUT2D eigenvalue weighted by Gasteiger charge is -2.23. The van der Waals surface area contributed by atoms with Crippen LogP contribution >= 0.6 is 11.6 Å². The Morgan fingerprint density at radius 3 is 2.67 bits per heavy atom. The molecule has 2 atom stereocenters. The number of aryl methyl sites for hydroxylation is 1. The summed E-state index contributed by atoms with van der Waals surface area (Å²) in [5, 5.41) is 6.13. The maximum atomic E-state index is 14.7. The molecule has 0 amide bonds. The standard InChI is InChI=1S/C19H19ClFN3O5S/c1-10-5-4-6-13(16(10)21)11(2)17(18-22-23-19(25)29-18)24-30(26,27)15-8-7-12(20)9-14(15)28-3/h4-9,11,17,24H,1-3H3,(H,23,25)/t11?,17-/m0/s1. The fourth-order valence-electron chi connectivity index (χ4n) is 3.04. The van der Waals surface area contributed by atoms with Gasteiger partial charge in [-0.15, -0.1) is 5.10 Å². The Balaban J connectivity index is 2.08. The monoisotopic (exact) mass is 455 g/mol. The largest absolute Gasteiger partial charge is 0.495 e. The number of nitrogens with one attached hydrogen (secondary N) is 2. The van der Waals surface area contributed by atoms with Crippen molar-refractivity contribution >= 4 is 21.6 Å². The van der Waals surface area contributed by atoms with Crippen LogP contribution in [0.4, 0.5) is 4.39 Å². The number of nitrogens with zero attached hydrogens (tertiary/aromatic N) is 1. The number of aromatic nitrogens is 2. The van der Waals surface area contributed by atoms with Crippen molar-refractivity contribution in [2.24, 2.45) is 0 Å². The molecule has 1 aromatic heterocycles. The fraction of sp³-hybridized carbons (Fsp3) is 0.263. The van der Waals surface area contributed by atoms with Crippen LogP contribution in [0.5, 0.6) is 5.75 Å². The predicted octanol–water partition coefficient (Wildman–Crippen LogP) is 3.30. The van der Waals surface area contributed by atoms with Crippen LogP contribution < -0.4 is 15.2 Å².